The van der Waals surface area contributed by atoms with Crippen LogP contribution in [0.15, 0.2) is 25.1 Å². The maximum absolute atomic E-state index is 3.87. The maximum Gasteiger partial charge on any atom is 0.00737 e. The van der Waals surface area contributed by atoms with Crippen molar-refractivity contribution >= 4 is 0 Å². The molecule has 0 aliphatic rings. The van der Waals surface area contributed by atoms with Gasteiger partial charge in [-0.05, 0) is 40.1 Å². The predicted molar refractivity (Wildman–Crippen MR) is 54.9 cm³/mol. The number of allylic oxidation sites excluding steroid dienone is 1. The zero-order chi connectivity index (χ0) is 9.56. The van der Waals surface area contributed by atoms with Gasteiger partial charge in [-0.1, -0.05) is 13.2 Å². The van der Waals surface area contributed by atoms with E-state index in [0.717, 1.165) is 18.5 Å². The van der Waals surface area contributed by atoms with Gasteiger partial charge in [0.2, 0.25) is 0 Å². The van der Waals surface area contributed by atoms with E-state index < -0.39 is 0 Å². The minimum Gasteiger partial charge on any atom is -0.366 e. The number of rotatable bonds is 6. The van der Waals surface area contributed by atoms with Crippen molar-refractivity contribution in [2.24, 2.45) is 0 Å². The summed E-state index contributed by atoms with van der Waals surface area (Å²) in [6, 6.07) is 0.605. The molecule has 70 valence electrons. The van der Waals surface area contributed by atoms with Crippen molar-refractivity contribution in [2.75, 3.05) is 14.1 Å². The molecule has 0 saturated heterocycles. The lowest BCUT2D eigenvalue weighted by Crippen LogP contribution is -2.24. The third kappa shape index (κ3) is 4.97. The van der Waals surface area contributed by atoms with Crippen molar-refractivity contribution in [1.29, 1.82) is 0 Å². The van der Waals surface area contributed by atoms with E-state index in [1.807, 2.05) is 0 Å². The molecule has 0 radical (unpaired) electrons. The minimum absolute atomic E-state index is 0.605. The quantitative estimate of drug-likeness (QED) is 0.652. The Bertz CT molecular complexity index is 150. The lowest BCUT2D eigenvalue weighted by Gasteiger charge is -2.19. The third-order valence-electron chi connectivity index (χ3n) is 2.05. The fourth-order valence-corrected chi connectivity index (χ4v) is 0.858. The molecule has 0 amide bonds. The highest BCUT2D eigenvalue weighted by Crippen LogP contribution is 2.06. The first-order valence-corrected chi connectivity index (χ1v) is 4.29. The van der Waals surface area contributed by atoms with Gasteiger partial charge in [-0.2, -0.15) is 0 Å². The first-order valence-electron chi connectivity index (χ1n) is 4.29. The zero-order valence-corrected chi connectivity index (χ0v) is 8.43. The fourth-order valence-electron chi connectivity index (χ4n) is 0.858. The molecule has 1 N–H and O–H groups in total. The molecule has 0 aliphatic heterocycles. The van der Waals surface area contributed by atoms with E-state index in [9.17, 15) is 0 Å². The van der Waals surface area contributed by atoms with E-state index in [1.54, 1.807) is 6.20 Å². The van der Waals surface area contributed by atoms with Crippen LogP contribution in [-0.2, 0) is 0 Å². The van der Waals surface area contributed by atoms with Crippen LogP contribution >= 0.6 is 0 Å². The van der Waals surface area contributed by atoms with Gasteiger partial charge in [0, 0.05) is 11.7 Å². The van der Waals surface area contributed by atoms with E-state index in [-0.39, 0.29) is 0 Å². The fraction of sp³-hybridized carbons (Fsp3) is 0.600. The summed E-state index contributed by atoms with van der Waals surface area (Å²) in [6.45, 7) is 9.66. The van der Waals surface area contributed by atoms with Gasteiger partial charge in [0.05, 0.1) is 0 Å². The second kappa shape index (κ2) is 5.84. The van der Waals surface area contributed by atoms with Gasteiger partial charge in [-0.15, -0.1) is 0 Å². The van der Waals surface area contributed by atoms with Crippen LogP contribution in [0.1, 0.15) is 19.8 Å². The molecule has 0 saturated carbocycles. The number of nitrogens with zero attached hydrogens (tertiary/aromatic N) is 1. The topological polar surface area (TPSA) is 15.3 Å². The highest BCUT2D eigenvalue weighted by atomic mass is 15.1. The van der Waals surface area contributed by atoms with Gasteiger partial charge in [0.15, 0.2) is 0 Å². The van der Waals surface area contributed by atoms with Crippen LogP contribution in [0.4, 0.5) is 0 Å². The summed E-state index contributed by atoms with van der Waals surface area (Å²) in [7, 11) is 4.18. The summed E-state index contributed by atoms with van der Waals surface area (Å²) in [5.41, 5.74) is 1.04. The van der Waals surface area contributed by atoms with E-state index in [4.69, 9.17) is 0 Å². The van der Waals surface area contributed by atoms with Gasteiger partial charge in [-0.3, -0.25) is 0 Å². The maximum atomic E-state index is 3.87. The Morgan fingerprint density at radius 3 is 2.58 bits per heavy atom. The first-order chi connectivity index (χ1) is 5.57. The van der Waals surface area contributed by atoms with Gasteiger partial charge < -0.3 is 10.2 Å². The Kier molecular flexibility index (Phi) is 5.47. The molecule has 1 unspecified atom stereocenters. The van der Waals surface area contributed by atoms with Crippen LogP contribution < -0.4 is 5.32 Å². The normalized spacial score (nSPS) is 12.7. The van der Waals surface area contributed by atoms with E-state index in [2.05, 4.69) is 44.4 Å². The molecule has 0 spiro atoms. The molecular weight excluding hydrogens is 148 g/mol. The first kappa shape index (κ1) is 11.2. The van der Waals surface area contributed by atoms with Crippen molar-refractivity contribution in [3.63, 3.8) is 0 Å². The standard InChI is InChI=1S/C10H20N2/c1-6-11-9(2)7-8-10(3)12(4)5/h6,10-11H,1-2,7-8H2,3-5H3. The number of nitrogens with one attached hydrogen (secondary N) is 1. The van der Waals surface area contributed by atoms with Crippen LogP contribution in [-0.4, -0.2) is 25.0 Å². The van der Waals surface area contributed by atoms with Crippen LogP contribution in [0.25, 0.3) is 0 Å². The summed E-state index contributed by atoms with van der Waals surface area (Å²) in [5, 5.41) is 2.99. The molecule has 0 aliphatic carbocycles. The van der Waals surface area contributed by atoms with Gasteiger partial charge in [0.1, 0.15) is 0 Å². The summed E-state index contributed by atoms with van der Waals surface area (Å²) in [5.74, 6) is 0. The molecule has 0 fully saturated rings. The highest BCUT2D eigenvalue weighted by molar-refractivity contribution is 4.95. The van der Waals surface area contributed by atoms with Crippen molar-refractivity contribution < 1.29 is 0 Å². The van der Waals surface area contributed by atoms with Crippen molar-refractivity contribution in [2.45, 2.75) is 25.8 Å². The van der Waals surface area contributed by atoms with Gasteiger partial charge in [0.25, 0.3) is 0 Å². The van der Waals surface area contributed by atoms with Crippen LogP contribution in [0.2, 0.25) is 0 Å². The molecule has 1 atom stereocenters. The lowest BCUT2D eigenvalue weighted by molar-refractivity contribution is 0.298. The average Bonchev–Trinajstić information content (AvgIpc) is 2.00. The minimum atomic E-state index is 0.605. The van der Waals surface area contributed by atoms with Crippen molar-refractivity contribution in [3.8, 4) is 0 Å². The van der Waals surface area contributed by atoms with Gasteiger partial charge in [-0.25, -0.2) is 0 Å². The Morgan fingerprint density at radius 2 is 2.17 bits per heavy atom. The largest absolute Gasteiger partial charge is 0.366 e. The number of hydrogen-bond donors (Lipinski definition) is 1. The third-order valence-corrected chi connectivity index (χ3v) is 2.05. The Hall–Kier alpha value is -0.760. The van der Waals surface area contributed by atoms with Crippen LogP contribution in [0, 0.1) is 0 Å². The number of hydrogen-bond acceptors (Lipinski definition) is 2. The SMILES string of the molecule is C=CNC(=C)CCC(C)N(C)C. The van der Waals surface area contributed by atoms with Crippen molar-refractivity contribution in [1.82, 2.24) is 10.2 Å². The molecule has 0 bridgehead atoms. The second-order valence-electron chi connectivity index (χ2n) is 3.30. The highest BCUT2D eigenvalue weighted by Gasteiger charge is 2.03. The summed E-state index contributed by atoms with van der Waals surface area (Å²) in [4.78, 5) is 2.21. The molecule has 0 aromatic heterocycles. The zero-order valence-electron chi connectivity index (χ0n) is 8.43. The summed E-state index contributed by atoms with van der Waals surface area (Å²) >= 11 is 0. The molecule has 0 rings (SSSR count). The van der Waals surface area contributed by atoms with Crippen LogP contribution in [0.3, 0.4) is 0 Å². The molecule has 2 heteroatoms. The molecular formula is C10H20N2. The van der Waals surface area contributed by atoms with E-state index in [1.165, 1.54) is 0 Å². The second-order valence-corrected chi connectivity index (χ2v) is 3.30. The summed E-state index contributed by atoms with van der Waals surface area (Å²) in [6.07, 6.45) is 3.81. The van der Waals surface area contributed by atoms with E-state index >= 15 is 0 Å². The lowest BCUT2D eigenvalue weighted by atomic mass is 10.1. The average molecular weight is 168 g/mol. The smallest absolute Gasteiger partial charge is 0.00737 e. The van der Waals surface area contributed by atoms with Crippen LogP contribution in [0.5, 0.6) is 0 Å². The van der Waals surface area contributed by atoms with Gasteiger partial charge >= 0.3 is 0 Å². The summed E-state index contributed by atoms with van der Waals surface area (Å²) < 4.78 is 0. The monoisotopic (exact) mass is 168 g/mol. The Labute approximate surface area is 76.0 Å². The molecule has 0 heterocycles. The molecule has 0 aromatic rings. The Balaban J connectivity index is 3.53. The Morgan fingerprint density at radius 1 is 1.58 bits per heavy atom. The predicted octanol–water partition coefficient (Wildman–Crippen LogP) is 1.96. The molecule has 0 aromatic carbocycles. The van der Waals surface area contributed by atoms with Crippen molar-refractivity contribution in [3.05, 3.63) is 25.1 Å². The molecule has 2 nitrogen and oxygen atoms in total. The molecule has 12 heavy (non-hydrogen) atoms. The van der Waals surface area contributed by atoms with E-state index in [0.29, 0.717) is 6.04 Å².